The number of ether oxygens (including phenoxy) is 1. The zero-order valence-electron chi connectivity index (χ0n) is 10.2. The molecule has 2 N–H and O–H groups in total. The third-order valence-corrected chi connectivity index (χ3v) is 2.42. The van der Waals surface area contributed by atoms with Gasteiger partial charge < -0.3 is 4.74 Å². The highest BCUT2D eigenvalue weighted by molar-refractivity contribution is 5.99. The van der Waals surface area contributed by atoms with E-state index in [2.05, 4.69) is 19.9 Å². The van der Waals surface area contributed by atoms with E-state index in [1.807, 2.05) is 19.1 Å². The first-order chi connectivity index (χ1) is 7.41. The van der Waals surface area contributed by atoms with Crippen molar-refractivity contribution in [1.82, 2.24) is 0 Å². The Kier molecular flexibility index (Phi) is 3.82. The van der Waals surface area contributed by atoms with E-state index >= 15 is 0 Å². The summed E-state index contributed by atoms with van der Waals surface area (Å²) in [6.07, 6.45) is 0. The molecule has 0 spiro atoms. The molecular formula is C13H18N2O. The van der Waals surface area contributed by atoms with Gasteiger partial charge in [-0.15, -0.1) is 0 Å². The van der Waals surface area contributed by atoms with Gasteiger partial charge in [0.15, 0.2) is 5.90 Å². The Bertz CT molecular complexity index is 422. The Morgan fingerprint density at radius 1 is 1.25 bits per heavy atom. The van der Waals surface area contributed by atoms with E-state index in [9.17, 15) is 0 Å². The molecule has 0 aliphatic carbocycles. The Balaban J connectivity index is 2.99. The van der Waals surface area contributed by atoms with Crippen LogP contribution < -0.4 is 0 Å². The highest BCUT2D eigenvalue weighted by Gasteiger charge is 2.09. The highest BCUT2D eigenvalue weighted by Crippen LogP contribution is 2.19. The number of aryl methyl sites for hydroxylation is 1. The molecule has 0 bridgehead atoms. The fraction of sp³-hybridized carbons (Fsp3) is 0.385. The van der Waals surface area contributed by atoms with Crippen LogP contribution in [0.25, 0.3) is 0 Å². The summed E-state index contributed by atoms with van der Waals surface area (Å²) in [4.78, 5) is 0. The molecule has 0 radical (unpaired) electrons. The van der Waals surface area contributed by atoms with Crippen LogP contribution in [0, 0.1) is 17.7 Å². The molecule has 1 aromatic carbocycles. The maximum Gasteiger partial charge on any atom is 0.221 e. The van der Waals surface area contributed by atoms with Crippen LogP contribution in [0.15, 0.2) is 18.2 Å². The average Bonchev–Trinajstić information content (AvgIpc) is 2.15. The second-order valence-corrected chi connectivity index (χ2v) is 4.22. The van der Waals surface area contributed by atoms with E-state index < -0.39 is 0 Å². The van der Waals surface area contributed by atoms with Crippen LogP contribution in [0.5, 0.6) is 0 Å². The quantitative estimate of drug-likeness (QED) is 0.579. The van der Waals surface area contributed by atoms with Crippen LogP contribution in [-0.2, 0) is 4.74 Å². The second-order valence-electron chi connectivity index (χ2n) is 4.22. The zero-order valence-corrected chi connectivity index (χ0v) is 10.2. The lowest BCUT2D eigenvalue weighted by molar-refractivity contribution is 0.531. The summed E-state index contributed by atoms with van der Waals surface area (Å²) in [5.74, 6) is 0.560. The van der Waals surface area contributed by atoms with E-state index in [0.717, 1.165) is 11.1 Å². The molecule has 0 amide bonds. The third kappa shape index (κ3) is 2.92. The van der Waals surface area contributed by atoms with Crippen molar-refractivity contribution in [2.24, 2.45) is 0 Å². The predicted molar refractivity (Wildman–Crippen MR) is 66.6 cm³/mol. The normalized spacial score (nSPS) is 10.3. The summed E-state index contributed by atoms with van der Waals surface area (Å²) < 4.78 is 4.98. The maximum atomic E-state index is 7.72. The molecule has 0 heterocycles. The van der Waals surface area contributed by atoms with E-state index in [0.29, 0.717) is 5.92 Å². The standard InChI is InChI=1S/C13H18N2O/c1-8(2)11-5-6-12(9(3)7-11)13(15)16-10(4)14/h5-8,14-15H,1-4H3. The summed E-state index contributed by atoms with van der Waals surface area (Å²) in [6.45, 7) is 7.75. The van der Waals surface area contributed by atoms with Gasteiger partial charge in [0.25, 0.3) is 0 Å². The van der Waals surface area contributed by atoms with Crippen LogP contribution in [-0.4, -0.2) is 11.8 Å². The van der Waals surface area contributed by atoms with Gasteiger partial charge in [-0.05, 0) is 30.0 Å². The Morgan fingerprint density at radius 3 is 2.31 bits per heavy atom. The van der Waals surface area contributed by atoms with E-state index in [1.165, 1.54) is 12.5 Å². The van der Waals surface area contributed by atoms with Gasteiger partial charge in [-0.25, -0.2) is 0 Å². The van der Waals surface area contributed by atoms with Crippen LogP contribution in [0.4, 0.5) is 0 Å². The molecular weight excluding hydrogens is 200 g/mol. The van der Waals surface area contributed by atoms with Crippen molar-refractivity contribution in [1.29, 1.82) is 10.8 Å². The highest BCUT2D eigenvalue weighted by atomic mass is 16.5. The number of benzene rings is 1. The molecule has 0 saturated heterocycles. The Labute approximate surface area is 96.5 Å². The van der Waals surface area contributed by atoms with Crippen LogP contribution >= 0.6 is 0 Å². The molecule has 0 aliphatic heterocycles. The molecule has 0 saturated carbocycles. The second kappa shape index (κ2) is 4.92. The van der Waals surface area contributed by atoms with Gasteiger partial charge in [-0.1, -0.05) is 26.0 Å². The molecule has 16 heavy (non-hydrogen) atoms. The minimum atomic E-state index is 0.0392. The van der Waals surface area contributed by atoms with Crippen molar-refractivity contribution in [3.63, 3.8) is 0 Å². The first-order valence-electron chi connectivity index (χ1n) is 5.34. The first-order valence-corrected chi connectivity index (χ1v) is 5.34. The van der Waals surface area contributed by atoms with Gasteiger partial charge in [-0.3, -0.25) is 10.8 Å². The number of hydrogen-bond donors (Lipinski definition) is 2. The molecule has 3 nitrogen and oxygen atoms in total. The maximum absolute atomic E-state index is 7.72. The average molecular weight is 218 g/mol. The molecule has 0 aliphatic rings. The Morgan fingerprint density at radius 2 is 1.88 bits per heavy atom. The SMILES string of the molecule is CC(=N)OC(=N)c1ccc(C(C)C)cc1C. The van der Waals surface area contributed by atoms with Gasteiger partial charge in [-0.2, -0.15) is 0 Å². The molecule has 0 aromatic heterocycles. The fourth-order valence-electron chi connectivity index (χ4n) is 1.51. The lowest BCUT2D eigenvalue weighted by Crippen LogP contribution is -2.10. The number of hydrogen-bond acceptors (Lipinski definition) is 3. The van der Waals surface area contributed by atoms with Gasteiger partial charge in [0.1, 0.15) is 0 Å². The summed E-state index contributed by atoms with van der Waals surface area (Å²) in [5.41, 5.74) is 3.01. The zero-order chi connectivity index (χ0) is 12.3. The van der Waals surface area contributed by atoms with Crippen molar-refractivity contribution in [2.75, 3.05) is 0 Å². The topological polar surface area (TPSA) is 56.9 Å². The smallest absolute Gasteiger partial charge is 0.221 e. The Hall–Kier alpha value is -1.64. The first kappa shape index (κ1) is 12.4. The van der Waals surface area contributed by atoms with Crippen molar-refractivity contribution in [2.45, 2.75) is 33.6 Å². The molecule has 3 heteroatoms. The third-order valence-electron chi connectivity index (χ3n) is 2.42. The van der Waals surface area contributed by atoms with E-state index in [1.54, 1.807) is 0 Å². The molecule has 86 valence electrons. The minimum absolute atomic E-state index is 0.0392. The lowest BCUT2D eigenvalue weighted by atomic mass is 9.98. The van der Waals surface area contributed by atoms with Crippen molar-refractivity contribution >= 4 is 11.8 Å². The van der Waals surface area contributed by atoms with Gasteiger partial charge in [0, 0.05) is 12.5 Å². The van der Waals surface area contributed by atoms with E-state index in [-0.39, 0.29) is 11.8 Å². The molecule has 0 fully saturated rings. The van der Waals surface area contributed by atoms with Gasteiger partial charge in [0.05, 0.1) is 0 Å². The summed E-state index contributed by atoms with van der Waals surface area (Å²) in [6, 6.07) is 5.96. The molecule has 1 rings (SSSR count). The van der Waals surface area contributed by atoms with Gasteiger partial charge >= 0.3 is 0 Å². The summed E-state index contributed by atoms with van der Waals surface area (Å²) in [7, 11) is 0. The minimum Gasteiger partial charge on any atom is -0.426 e. The lowest BCUT2D eigenvalue weighted by Gasteiger charge is -2.11. The largest absolute Gasteiger partial charge is 0.426 e. The number of nitrogens with one attached hydrogen (secondary N) is 2. The van der Waals surface area contributed by atoms with E-state index in [4.69, 9.17) is 15.6 Å². The number of rotatable bonds is 2. The summed E-state index contributed by atoms with van der Waals surface area (Å²) >= 11 is 0. The van der Waals surface area contributed by atoms with Crippen molar-refractivity contribution < 1.29 is 4.74 Å². The predicted octanol–water partition coefficient (Wildman–Crippen LogP) is 3.46. The molecule has 0 unspecified atom stereocenters. The van der Waals surface area contributed by atoms with Crippen molar-refractivity contribution in [3.8, 4) is 0 Å². The molecule has 0 atom stereocenters. The monoisotopic (exact) mass is 218 g/mol. The van der Waals surface area contributed by atoms with Crippen LogP contribution in [0.2, 0.25) is 0 Å². The van der Waals surface area contributed by atoms with Gasteiger partial charge in [0.2, 0.25) is 5.90 Å². The fourth-order valence-corrected chi connectivity index (χ4v) is 1.51. The van der Waals surface area contributed by atoms with Crippen molar-refractivity contribution in [3.05, 3.63) is 34.9 Å². The summed E-state index contributed by atoms with van der Waals surface area (Å²) in [5, 5.41) is 14.9. The van der Waals surface area contributed by atoms with Crippen LogP contribution in [0.3, 0.4) is 0 Å². The molecule has 1 aromatic rings. The van der Waals surface area contributed by atoms with Crippen LogP contribution in [0.1, 0.15) is 43.4 Å².